The van der Waals surface area contributed by atoms with Gasteiger partial charge in [-0.15, -0.1) is 0 Å². The van der Waals surface area contributed by atoms with Crippen LogP contribution in [0.25, 0.3) is 11.0 Å². The summed E-state index contributed by atoms with van der Waals surface area (Å²) in [7, 11) is 1.32. The van der Waals surface area contributed by atoms with Crippen LogP contribution in [-0.4, -0.2) is 64.3 Å². The minimum absolute atomic E-state index is 0.00511. The van der Waals surface area contributed by atoms with E-state index >= 15 is 0 Å². The lowest BCUT2D eigenvalue weighted by Gasteiger charge is -2.28. The topological polar surface area (TPSA) is 123 Å². The lowest BCUT2D eigenvalue weighted by atomic mass is 10.1. The molecule has 1 unspecified atom stereocenters. The van der Waals surface area contributed by atoms with Crippen LogP contribution in [0.5, 0.6) is 5.75 Å². The van der Waals surface area contributed by atoms with E-state index in [4.69, 9.17) is 24.5 Å². The highest BCUT2D eigenvalue weighted by molar-refractivity contribution is 5.94. The first-order chi connectivity index (χ1) is 20.8. The number of hydrogen-bond donors (Lipinski definition) is 0. The van der Waals surface area contributed by atoms with Crippen molar-refractivity contribution in [3.63, 3.8) is 0 Å². The molecule has 4 aromatic rings. The molecule has 0 aliphatic carbocycles. The first-order valence-electron chi connectivity index (χ1n) is 13.6. The number of carbonyl (C=O) groups excluding carboxylic acids is 2. The number of amides is 2. The molecule has 2 aromatic carbocycles. The first kappa shape index (κ1) is 28.0. The summed E-state index contributed by atoms with van der Waals surface area (Å²) in [5, 5.41) is 8.91. The second-order valence-corrected chi connectivity index (χ2v) is 10.1. The number of esters is 1. The van der Waals surface area contributed by atoms with E-state index in [0.717, 1.165) is 18.0 Å². The van der Waals surface area contributed by atoms with Crippen molar-refractivity contribution in [1.29, 1.82) is 5.26 Å². The van der Waals surface area contributed by atoms with Crippen molar-refractivity contribution in [2.24, 2.45) is 0 Å². The monoisotopic (exact) mass is 588 g/mol. The second kappa shape index (κ2) is 11.7. The van der Waals surface area contributed by atoms with Gasteiger partial charge in [0.15, 0.2) is 11.6 Å². The third-order valence-corrected chi connectivity index (χ3v) is 7.46. The van der Waals surface area contributed by atoms with Gasteiger partial charge in [-0.2, -0.15) is 5.26 Å². The number of carbonyl (C=O) groups is 2. The van der Waals surface area contributed by atoms with Gasteiger partial charge in [-0.3, -0.25) is 4.90 Å². The number of fused-ring (bicyclic) bond motifs is 1. The molecular weight excluding hydrogens is 562 g/mol. The summed E-state index contributed by atoms with van der Waals surface area (Å²) in [5.41, 5.74) is 1.83. The normalized spacial score (nSPS) is 16.3. The molecule has 2 aliphatic rings. The standard InChI is InChI=1S/C30H26F2N6O5/c1-41-29(39)19-3-5-23-25(13-19)38(15-20-8-11-42-20)28(34-23)16-36-9-10-37(30(36)40)27-7-4-21(31)24(35-27)17-43-26-6-2-18(14-33)12-22(26)32/h2-7,12-13,20H,8-11,15-17H2,1H3. The number of methoxy groups -OCH3 is 1. The van der Waals surface area contributed by atoms with Crippen LogP contribution in [0.4, 0.5) is 19.4 Å². The zero-order valence-corrected chi connectivity index (χ0v) is 23.1. The van der Waals surface area contributed by atoms with Crippen molar-refractivity contribution in [1.82, 2.24) is 19.4 Å². The largest absolute Gasteiger partial charge is 0.484 e. The Morgan fingerprint density at radius 3 is 2.67 bits per heavy atom. The van der Waals surface area contributed by atoms with E-state index < -0.39 is 17.6 Å². The average Bonchev–Trinajstić information content (AvgIpc) is 3.53. The molecule has 2 aromatic heterocycles. The van der Waals surface area contributed by atoms with Crippen molar-refractivity contribution >= 4 is 28.9 Å². The number of pyridine rings is 1. The molecule has 2 aliphatic heterocycles. The van der Waals surface area contributed by atoms with Crippen LogP contribution in [0.3, 0.4) is 0 Å². The molecule has 43 heavy (non-hydrogen) atoms. The van der Waals surface area contributed by atoms with Crippen molar-refractivity contribution < 1.29 is 32.6 Å². The Morgan fingerprint density at radius 1 is 1.12 bits per heavy atom. The molecule has 0 saturated carbocycles. The number of anilines is 1. The fraction of sp³-hybridized carbons (Fsp3) is 0.300. The summed E-state index contributed by atoms with van der Waals surface area (Å²) >= 11 is 0. The number of imidazole rings is 1. The van der Waals surface area contributed by atoms with E-state index in [9.17, 15) is 18.4 Å². The summed E-state index contributed by atoms with van der Waals surface area (Å²) in [4.78, 5) is 37.7. The van der Waals surface area contributed by atoms with E-state index in [1.165, 1.54) is 36.3 Å². The van der Waals surface area contributed by atoms with Gasteiger partial charge >= 0.3 is 12.0 Å². The van der Waals surface area contributed by atoms with E-state index in [2.05, 4.69) is 4.98 Å². The second-order valence-electron chi connectivity index (χ2n) is 10.1. The zero-order chi connectivity index (χ0) is 30.1. The van der Waals surface area contributed by atoms with Crippen LogP contribution < -0.4 is 9.64 Å². The molecule has 0 bridgehead atoms. The minimum Gasteiger partial charge on any atom is -0.484 e. The van der Waals surface area contributed by atoms with Gasteiger partial charge in [-0.1, -0.05) is 0 Å². The van der Waals surface area contributed by atoms with Gasteiger partial charge in [-0.25, -0.2) is 28.3 Å². The molecule has 2 fully saturated rings. The number of hydrogen-bond acceptors (Lipinski definition) is 8. The van der Waals surface area contributed by atoms with Gasteiger partial charge in [0, 0.05) is 19.7 Å². The molecule has 11 nitrogen and oxygen atoms in total. The summed E-state index contributed by atoms with van der Waals surface area (Å²) in [5.74, 6) is -1.17. The van der Waals surface area contributed by atoms with Crippen LogP contribution in [0, 0.1) is 23.0 Å². The van der Waals surface area contributed by atoms with Crippen LogP contribution >= 0.6 is 0 Å². The predicted molar refractivity (Wildman–Crippen MR) is 148 cm³/mol. The quantitative estimate of drug-likeness (QED) is 0.267. The minimum atomic E-state index is -0.752. The Hall–Kier alpha value is -5.09. The van der Waals surface area contributed by atoms with E-state index in [1.54, 1.807) is 23.1 Å². The number of rotatable bonds is 9. The maximum atomic E-state index is 14.6. The maximum Gasteiger partial charge on any atom is 0.337 e. The molecular formula is C30H26F2N6O5. The third kappa shape index (κ3) is 5.56. The predicted octanol–water partition coefficient (Wildman–Crippen LogP) is 4.18. The molecule has 0 spiro atoms. The number of nitriles is 1. The van der Waals surface area contributed by atoms with Gasteiger partial charge in [0.2, 0.25) is 0 Å². The number of aromatic nitrogens is 3. The third-order valence-electron chi connectivity index (χ3n) is 7.46. The van der Waals surface area contributed by atoms with Gasteiger partial charge in [0.25, 0.3) is 0 Å². The number of halogens is 2. The lowest BCUT2D eigenvalue weighted by molar-refractivity contribution is -0.0591. The van der Waals surface area contributed by atoms with Crippen molar-refractivity contribution in [3.8, 4) is 11.8 Å². The SMILES string of the molecule is COC(=O)c1ccc2nc(CN3CCN(c4ccc(F)c(COc5ccc(C#N)cc5F)n4)C3=O)n(CC3CCO3)c2c1. The molecule has 0 radical (unpaired) electrons. The van der Waals surface area contributed by atoms with E-state index in [1.807, 2.05) is 10.6 Å². The van der Waals surface area contributed by atoms with Gasteiger partial charge in [0.1, 0.15) is 29.8 Å². The maximum absolute atomic E-state index is 14.6. The molecule has 13 heteroatoms. The van der Waals surface area contributed by atoms with Crippen LogP contribution in [0.15, 0.2) is 48.5 Å². The molecule has 220 valence electrons. The summed E-state index contributed by atoms with van der Waals surface area (Å²) in [6.45, 7) is 1.69. The van der Waals surface area contributed by atoms with Crippen molar-refractivity contribution in [3.05, 3.63) is 82.8 Å². The zero-order valence-electron chi connectivity index (χ0n) is 23.1. The Morgan fingerprint density at radius 2 is 1.95 bits per heavy atom. The summed E-state index contributed by atoms with van der Waals surface area (Å²) < 4.78 is 46.7. The molecule has 1 atom stereocenters. The Kier molecular flexibility index (Phi) is 7.60. The number of benzene rings is 2. The highest BCUT2D eigenvalue weighted by atomic mass is 19.1. The summed E-state index contributed by atoms with van der Waals surface area (Å²) in [6, 6.07) is 12.9. The van der Waals surface area contributed by atoms with Crippen LogP contribution in [0.2, 0.25) is 0 Å². The van der Waals surface area contributed by atoms with Gasteiger partial charge in [0.05, 0.1) is 54.5 Å². The number of urea groups is 1. The van der Waals surface area contributed by atoms with Crippen molar-refractivity contribution in [2.75, 3.05) is 31.7 Å². The molecule has 0 N–H and O–H groups in total. The average molecular weight is 589 g/mol. The molecule has 2 amide bonds. The smallest absolute Gasteiger partial charge is 0.337 e. The molecule has 4 heterocycles. The molecule has 6 rings (SSSR count). The van der Waals surface area contributed by atoms with E-state index in [-0.39, 0.29) is 48.1 Å². The Balaban J connectivity index is 1.20. The first-order valence-corrected chi connectivity index (χ1v) is 13.6. The summed E-state index contributed by atoms with van der Waals surface area (Å²) in [6.07, 6.45) is 0.900. The van der Waals surface area contributed by atoms with Crippen LogP contribution in [0.1, 0.15) is 33.9 Å². The van der Waals surface area contributed by atoms with Crippen LogP contribution in [-0.2, 0) is 29.2 Å². The van der Waals surface area contributed by atoms with Gasteiger partial charge in [-0.05, 0) is 55.0 Å². The molecule has 2 saturated heterocycles. The van der Waals surface area contributed by atoms with Gasteiger partial charge < -0.3 is 23.7 Å². The highest BCUT2D eigenvalue weighted by Gasteiger charge is 2.33. The lowest BCUT2D eigenvalue weighted by Crippen LogP contribution is -2.34. The highest BCUT2D eigenvalue weighted by Crippen LogP contribution is 2.27. The number of ether oxygens (including phenoxy) is 3. The Bertz CT molecular complexity index is 1770. The Labute approximate surface area is 244 Å². The van der Waals surface area contributed by atoms with E-state index in [0.29, 0.717) is 43.1 Å². The fourth-order valence-corrected chi connectivity index (χ4v) is 5.04. The fourth-order valence-electron chi connectivity index (χ4n) is 5.04. The van der Waals surface area contributed by atoms with Crippen molar-refractivity contribution in [2.45, 2.75) is 32.2 Å². The number of nitrogens with zero attached hydrogens (tertiary/aromatic N) is 6.